The van der Waals surface area contributed by atoms with Crippen molar-refractivity contribution in [3.63, 3.8) is 0 Å². The first-order valence-corrected chi connectivity index (χ1v) is 12.1. The van der Waals surface area contributed by atoms with Gasteiger partial charge in [0, 0.05) is 13.6 Å². The Bertz CT molecular complexity index is 1150. The Morgan fingerprint density at radius 3 is 2.26 bits per heavy atom. The van der Waals surface area contributed by atoms with Crippen LogP contribution in [0.5, 0.6) is 5.75 Å². The molecule has 2 amide bonds. The Morgan fingerprint density at radius 2 is 1.51 bits per heavy atom. The van der Waals surface area contributed by atoms with E-state index in [-0.39, 0.29) is 16.9 Å². The summed E-state index contributed by atoms with van der Waals surface area (Å²) in [5.41, 5.74) is 2.47. The highest BCUT2D eigenvalue weighted by Gasteiger charge is 2.19. The summed E-state index contributed by atoms with van der Waals surface area (Å²) < 4.78 is 5.83. The van der Waals surface area contributed by atoms with E-state index in [2.05, 4.69) is 17.6 Å². The molecule has 182 valence electrons. The number of hydrogen-bond acceptors (Lipinski definition) is 4. The molecule has 35 heavy (non-hydrogen) atoms. The van der Waals surface area contributed by atoms with Crippen LogP contribution in [0.1, 0.15) is 52.5 Å². The lowest BCUT2D eigenvalue weighted by molar-refractivity contribution is 0.0949. The fourth-order valence-electron chi connectivity index (χ4n) is 3.50. The van der Waals surface area contributed by atoms with Gasteiger partial charge >= 0.3 is 0 Å². The van der Waals surface area contributed by atoms with Crippen LogP contribution in [0.2, 0.25) is 0 Å². The van der Waals surface area contributed by atoms with E-state index in [0.717, 1.165) is 24.8 Å². The number of carbonyl (C=O) groups is 2. The van der Waals surface area contributed by atoms with Gasteiger partial charge in [0.2, 0.25) is 0 Å². The number of amides is 2. The van der Waals surface area contributed by atoms with Crippen molar-refractivity contribution < 1.29 is 14.3 Å². The fourth-order valence-corrected chi connectivity index (χ4v) is 3.69. The second kappa shape index (κ2) is 13.2. The number of carbonyl (C=O) groups excluding carboxylic acids is 2. The number of hydrogen-bond donors (Lipinski definition) is 2. The molecule has 0 fully saturated rings. The third kappa shape index (κ3) is 7.39. The quantitative estimate of drug-likeness (QED) is 0.297. The van der Waals surface area contributed by atoms with Crippen LogP contribution in [0.15, 0.2) is 78.9 Å². The van der Waals surface area contributed by atoms with E-state index < -0.39 is 0 Å². The van der Waals surface area contributed by atoms with E-state index in [4.69, 9.17) is 17.0 Å². The van der Waals surface area contributed by atoms with Crippen molar-refractivity contribution in [1.82, 2.24) is 10.6 Å². The van der Waals surface area contributed by atoms with E-state index in [9.17, 15) is 9.59 Å². The minimum atomic E-state index is -0.362. The molecule has 6 nitrogen and oxygen atoms in total. The Kier molecular flexibility index (Phi) is 9.80. The zero-order chi connectivity index (χ0) is 25.0. The Morgan fingerprint density at radius 1 is 0.857 bits per heavy atom. The maximum Gasteiger partial charge on any atom is 0.261 e. The average molecular weight is 490 g/mol. The first kappa shape index (κ1) is 25.9. The second-order valence-corrected chi connectivity index (χ2v) is 8.44. The van der Waals surface area contributed by atoms with Gasteiger partial charge < -0.3 is 15.0 Å². The van der Waals surface area contributed by atoms with Gasteiger partial charge in [0.25, 0.3) is 11.8 Å². The van der Waals surface area contributed by atoms with E-state index in [1.54, 1.807) is 48.3 Å². The summed E-state index contributed by atoms with van der Waals surface area (Å²) in [5.74, 6) is -0.0672. The standard InChI is InChI=1S/C28H31N3O3S/c1-3-4-12-19-34-25-18-11-9-16-23(25)27(33)30-28(35)31(2)24-17-10-8-15-22(24)26(32)29-20-21-13-6-5-7-14-21/h5-11,13-18H,3-4,12,19-20H2,1-2H3,(H,29,32)(H,30,33,35). The molecule has 0 aliphatic carbocycles. The van der Waals surface area contributed by atoms with Crippen LogP contribution in [0.25, 0.3) is 0 Å². The third-order valence-electron chi connectivity index (χ3n) is 5.47. The summed E-state index contributed by atoms with van der Waals surface area (Å²) in [6.07, 6.45) is 3.09. The van der Waals surface area contributed by atoms with Crippen LogP contribution in [0.3, 0.4) is 0 Å². The molecule has 0 unspecified atom stereocenters. The SMILES string of the molecule is CCCCCOc1ccccc1C(=O)NC(=S)N(C)c1ccccc1C(=O)NCc1ccccc1. The van der Waals surface area contributed by atoms with Gasteiger partial charge in [0.15, 0.2) is 5.11 Å². The molecule has 3 aromatic carbocycles. The molecule has 0 saturated carbocycles. The molecule has 3 rings (SSSR count). The molecule has 7 heteroatoms. The van der Waals surface area contributed by atoms with Crippen molar-refractivity contribution in [2.45, 2.75) is 32.7 Å². The molecule has 0 heterocycles. The lowest BCUT2D eigenvalue weighted by atomic mass is 10.1. The van der Waals surface area contributed by atoms with Gasteiger partial charge in [-0.2, -0.15) is 0 Å². The highest BCUT2D eigenvalue weighted by atomic mass is 32.1. The minimum absolute atomic E-state index is 0.180. The number of nitrogens with zero attached hydrogens (tertiary/aromatic N) is 1. The van der Waals surface area contributed by atoms with E-state index >= 15 is 0 Å². The number of unbranched alkanes of at least 4 members (excludes halogenated alkanes) is 2. The average Bonchev–Trinajstić information content (AvgIpc) is 2.90. The molecule has 0 bridgehead atoms. The summed E-state index contributed by atoms with van der Waals surface area (Å²) in [7, 11) is 1.72. The second-order valence-electron chi connectivity index (χ2n) is 8.06. The molecular weight excluding hydrogens is 458 g/mol. The smallest absolute Gasteiger partial charge is 0.261 e. The summed E-state index contributed by atoms with van der Waals surface area (Å²) in [6.45, 7) is 3.09. The number of nitrogens with one attached hydrogen (secondary N) is 2. The molecule has 0 saturated heterocycles. The van der Waals surface area contributed by atoms with Crippen LogP contribution in [0.4, 0.5) is 5.69 Å². The fraction of sp³-hybridized carbons (Fsp3) is 0.250. The molecule has 0 aromatic heterocycles. The van der Waals surface area contributed by atoms with Gasteiger partial charge in [0.1, 0.15) is 5.75 Å². The number of para-hydroxylation sites is 2. The monoisotopic (exact) mass is 489 g/mol. The number of anilines is 1. The number of ether oxygens (including phenoxy) is 1. The number of thiocarbonyl (C=S) groups is 1. The number of rotatable bonds is 10. The van der Waals surface area contributed by atoms with Crippen molar-refractivity contribution >= 4 is 34.8 Å². The van der Waals surface area contributed by atoms with Crippen molar-refractivity contribution in [2.75, 3.05) is 18.6 Å². The summed E-state index contributed by atoms with van der Waals surface area (Å²) in [5, 5.41) is 5.89. The highest BCUT2D eigenvalue weighted by molar-refractivity contribution is 7.80. The first-order chi connectivity index (χ1) is 17.0. The highest BCUT2D eigenvalue weighted by Crippen LogP contribution is 2.21. The largest absolute Gasteiger partial charge is 0.493 e. The maximum atomic E-state index is 13.0. The normalized spacial score (nSPS) is 10.3. The van der Waals surface area contributed by atoms with Gasteiger partial charge in [-0.25, -0.2) is 0 Å². The summed E-state index contributed by atoms with van der Waals surface area (Å²) >= 11 is 5.51. The van der Waals surface area contributed by atoms with E-state index in [0.29, 0.717) is 35.7 Å². The molecule has 0 aliphatic rings. The zero-order valence-corrected chi connectivity index (χ0v) is 20.9. The molecule has 3 aromatic rings. The molecule has 0 aliphatic heterocycles. The van der Waals surface area contributed by atoms with Crippen molar-refractivity contribution in [2.24, 2.45) is 0 Å². The Balaban J connectivity index is 1.67. The molecule has 0 spiro atoms. The van der Waals surface area contributed by atoms with Gasteiger partial charge in [-0.15, -0.1) is 0 Å². The predicted molar refractivity (Wildman–Crippen MR) is 144 cm³/mol. The van der Waals surface area contributed by atoms with Gasteiger partial charge in [-0.05, 0) is 48.5 Å². The first-order valence-electron chi connectivity index (χ1n) is 11.7. The summed E-state index contributed by atoms with van der Waals surface area (Å²) in [6, 6.07) is 23.9. The van der Waals surface area contributed by atoms with Crippen LogP contribution in [-0.4, -0.2) is 30.6 Å². The maximum absolute atomic E-state index is 13.0. The van der Waals surface area contributed by atoms with Crippen LogP contribution < -0.4 is 20.3 Å². The third-order valence-corrected chi connectivity index (χ3v) is 5.84. The Labute approximate surface area is 212 Å². The molecule has 2 N–H and O–H groups in total. The molecule has 0 atom stereocenters. The van der Waals surface area contributed by atoms with Crippen molar-refractivity contribution in [3.8, 4) is 5.75 Å². The topological polar surface area (TPSA) is 70.7 Å². The lowest BCUT2D eigenvalue weighted by Gasteiger charge is -2.23. The molecule has 0 radical (unpaired) electrons. The molecular formula is C28H31N3O3S. The zero-order valence-electron chi connectivity index (χ0n) is 20.1. The predicted octanol–water partition coefficient (Wildman–Crippen LogP) is 5.34. The lowest BCUT2D eigenvalue weighted by Crippen LogP contribution is -2.41. The van der Waals surface area contributed by atoms with Gasteiger partial charge in [-0.3, -0.25) is 14.9 Å². The van der Waals surface area contributed by atoms with Crippen LogP contribution >= 0.6 is 12.2 Å². The minimum Gasteiger partial charge on any atom is -0.493 e. The van der Waals surface area contributed by atoms with Gasteiger partial charge in [0.05, 0.1) is 23.4 Å². The Hall–Kier alpha value is -3.71. The van der Waals surface area contributed by atoms with E-state index in [1.165, 1.54) is 0 Å². The van der Waals surface area contributed by atoms with Crippen molar-refractivity contribution in [3.05, 3.63) is 95.6 Å². The van der Waals surface area contributed by atoms with Crippen LogP contribution in [-0.2, 0) is 6.54 Å². The van der Waals surface area contributed by atoms with Crippen LogP contribution in [0, 0.1) is 0 Å². The number of benzene rings is 3. The van der Waals surface area contributed by atoms with Gasteiger partial charge in [-0.1, -0.05) is 74.4 Å². The summed E-state index contributed by atoms with van der Waals surface area (Å²) in [4.78, 5) is 27.5. The van der Waals surface area contributed by atoms with Crippen molar-refractivity contribution in [1.29, 1.82) is 0 Å². The van der Waals surface area contributed by atoms with E-state index in [1.807, 2.05) is 42.5 Å².